The molecule has 0 radical (unpaired) electrons. The molecule has 3 nitrogen and oxygen atoms in total. The van der Waals surface area contributed by atoms with Gasteiger partial charge in [-0.25, -0.2) is 9.97 Å². The third-order valence-corrected chi connectivity index (χ3v) is 3.04. The van der Waals surface area contributed by atoms with Gasteiger partial charge in [0.15, 0.2) is 0 Å². The molecule has 1 N–H and O–H groups in total. The van der Waals surface area contributed by atoms with Crippen molar-refractivity contribution in [2.75, 3.05) is 12.4 Å². The van der Waals surface area contributed by atoms with Crippen LogP contribution in [0.1, 0.15) is 42.9 Å². The topological polar surface area (TPSA) is 37.8 Å². The summed E-state index contributed by atoms with van der Waals surface area (Å²) in [5, 5.41) is 2.96. The summed E-state index contributed by atoms with van der Waals surface area (Å²) in [6, 6.07) is 0. The zero-order chi connectivity index (χ0) is 9.97. The number of hydrogen-bond donors (Lipinski definition) is 1. The van der Waals surface area contributed by atoms with Crippen LogP contribution >= 0.6 is 0 Å². The fraction of sp³-hybridized carbons (Fsp3) is 0.636. The molecule has 76 valence electrons. The van der Waals surface area contributed by atoms with Crippen molar-refractivity contribution in [1.82, 2.24) is 9.97 Å². The van der Waals surface area contributed by atoms with Gasteiger partial charge in [-0.2, -0.15) is 0 Å². The van der Waals surface area contributed by atoms with E-state index in [0.29, 0.717) is 5.92 Å². The fourth-order valence-electron chi connectivity index (χ4n) is 2.23. The molecular formula is C11H17N3. The highest BCUT2D eigenvalue weighted by Gasteiger charge is 2.19. The number of nitrogens with one attached hydrogen (secondary N) is 1. The minimum atomic E-state index is 0.709. The standard InChI is InChI=1S/C11H17N3/c1-8-10(9-5-3-4-6-9)7-13-11(12-2)14-8/h7,9H,3-6H2,1-2H3,(H,12,13,14). The molecule has 0 unspecified atom stereocenters. The molecule has 14 heavy (non-hydrogen) atoms. The Morgan fingerprint density at radius 1 is 1.36 bits per heavy atom. The first-order valence-corrected chi connectivity index (χ1v) is 5.32. The molecule has 1 aliphatic carbocycles. The van der Waals surface area contributed by atoms with Gasteiger partial charge in [-0.05, 0) is 31.2 Å². The van der Waals surface area contributed by atoms with Gasteiger partial charge in [0.05, 0.1) is 0 Å². The molecule has 1 aliphatic rings. The zero-order valence-electron chi connectivity index (χ0n) is 8.88. The lowest BCUT2D eigenvalue weighted by molar-refractivity contribution is 0.706. The van der Waals surface area contributed by atoms with Crippen LogP contribution in [0.3, 0.4) is 0 Å². The molecule has 1 aromatic heterocycles. The van der Waals surface area contributed by atoms with Gasteiger partial charge in [-0.3, -0.25) is 0 Å². The maximum atomic E-state index is 4.41. The highest BCUT2D eigenvalue weighted by molar-refractivity contribution is 5.30. The molecule has 0 bridgehead atoms. The van der Waals surface area contributed by atoms with Crippen LogP contribution in [0.25, 0.3) is 0 Å². The van der Waals surface area contributed by atoms with Crippen LogP contribution in [0, 0.1) is 6.92 Å². The van der Waals surface area contributed by atoms with Crippen LogP contribution in [0.2, 0.25) is 0 Å². The van der Waals surface area contributed by atoms with Crippen molar-refractivity contribution in [2.45, 2.75) is 38.5 Å². The second-order valence-corrected chi connectivity index (χ2v) is 3.97. The van der Waals surface area contributed by atoms with Crippen LogP contribution in [0.4, 0.5) is 5.95 Å². The van der Waals surface area contributed by atoms with E-state index in [2.05, 4.69) is 22.2 Å². The number of hydrogen-bond acceptors (Lipinski definition) is 3. The van der Waals surface area contributed by atoms with E-state index in [1.54, 1.807) is 0 Å². The molecule has 2 rings (SSSR count). The number of aryl methyl sites for hydroxylation is 1. The first kappa shape index (κ1) is 9.44. The lowest BCUT2D eigenvalue weighted by atomic mass is 9.98. The first-order chi connectivity index (χ1) is 6.81. The number of aromatic nitrogens is 2. The Labute approximate surface area is 85.0 Å². The van der Waals surface area contributed by atoms with E-state index in [9.17, 15) is 0 Å². The first-order valence-electron chi connectivity index (χ1n) is 5.32. The van der Waals surface area contributed by atoms with Crippen molar-refractivity contribution >= 4 is 5.95 Å². The molecule has 0 atom stereocenters. The lowest BCUT2D eigenvalue weighted by Crippen LogP contribution is -2.03. The predicted molar refractivity (Wildman–Crippen MR) is 57.5 cm³/mol. The van der Waals surface area contributed by atoms with Crippen molar-refractivity contribution in [3.8, 4) is 0 Å². The maximum absolute atomic E-state index is 4.41. The summed E-state index contributed by atoms with van der Waals surface area (Å²) >= 11 is 0. The van der Waals surface area contributed by atoms with Gasteiger partial charge in [0.25, 0.3) is 0 Å². The second kappa shape index (κ2) is 3.95. The molecule has 0 saturated heterocycles. The third kappa shape index (κ3) is 1.72. The van der Waals surface area contributed by atoms with Crippen LogP contribution < -0.4 is 5.32 Å². The van der Waals surface area contributed by atoms with Crippen LogP contribution in [0.5, 0.6) is 0 Å². The van der Waals surface area contributed by atoms with E-state index in [4.69, 9.17) is 0 Å². The van der Waals surface area contributed by atoms with Crippen molar-refractivity contribution < 1.29 is 0 Å². The van der Waals surface area contributed by atoms with E-state index in [-0.39, 0.29) is 0 Å². The van der Waals surface area contributed by atoms with Crippen LogP contribution in [-0.4, -0.2) is 17.0 Å². The van der Waals surface area contributed by atoms with Crippen molar-refractivity contribution in [1.29, 1.82) is 0 Å². The van der Waals surface area contributed by atoms with Crippen molar-refractivity contribution in [3.63, 3.8) is 0 Å². The molecule has 1 aromatic rings. The molecule has 0 aliphatic heterocycles. The average molecular weight is 191 g/mol. The number of nitrogens with zero attached hydrogens (tertiary/aromatic N) is 2. The highest BCUT2D eigenvalue weighted by atomic mass is 15.1. The average Bonchev–Trinajstić information content (AvgIpc) is 2.70. The Hall–Kier alpha value is -1.12. The van der Waals surface area contributed by atoms with E-state index in [1.807, 2.05) is 13.2 Å². The molecule has 1 fully saturated rings. The predicted octanol–water partition coefficient (Wildman–Crippen LogP) is 2.48. The Kier molecular flexibility index (Phi) is 2.66. The molecule has 3 heteroatoms. The smallest absolute Gasteiger partial charge is 0.222 e. The molecule has 0 spiro atoms. The Morgan fingerprint density at radius 2 is 2.07 bits per heavy atom. The molecule has 1 heterocycles. The summed E-state index contributed by atoms with van der Waals surface area (Å²) in [6.45, 7) is 2.08. The zero-order valence-corrected chi connectivity index (χ0v) is 8.88. The van der Waals surface area contributed by atoms with Crippen molar-refractivity contribution in [2.24, 2.45) is 0 Å². The minimum Gasteiger partial charge on any atom is -0.357 e. The largest absolute Gasteiger partial charge is 0.357 e. The maximum Gasteiger partial charge on any atom is 0.222 e. The Balaban J connectivity index is 2.25. The third-order valence-electron chi connectivity index (χ3n) is 3.04. The van der Waals surface area contributed by atoms with Gasteiger partial charge in [0, 0.05) is 18.9 Å². The van der Waals surface area contributed by atoms with E-state index >= 15 is 0 Å². The Morgan fingerprint density at radius 3 is 2.64 bits per heavy atom. The highest BCUT2D eigenvalue weighted by Crippen LogP contribution is 2.34. The summed E-state index contributed by atoms with van der Waals surface area (Å²) in [5.74, 6) is 1.44. The fourth-order valence-corrected chi connectivity index (χ4v) is 2.23. The summed E-state index contributed by atoms with van der Waals surface area (Å²) in [4.78, 5) is 8.69. The van der Waals surface area contributed by atoms with Gasteiger partial charge < -0.3 is 5.32 Å². The number of rotatable bonds is 2. The van der Waals surface area contributed by atoms with Crippen LogP contribution in [-0.2, 0) is 0 Å². The summed E-state index contributed by atoms with van der Waals surface area (Å²) < 4.78 is 0. The van der Waals surface area contributed by atoms with E-state index < -0.39 is 0 Å². The monoisotopic (exact) mass is 191 g/mol. The molecule has 0 amide bonds. The molecule has 1 saturated carbocycles. The summed E-state index contributed by atoms with van der Waals surface area (Å²) in [5.41, 5.74) is 2.48. The normalized spacial score (nSPS) is 17.3. The lowest BCUT2D eigenvalue weighted by Gasteiger charge is -2.12. The summed E-state index contributed by atoms with van der Waals surface area (Å²) in [7, 11) is 1.85. The van der Waals surface area contributed by atoms with Gasteiger partial charge in [0.2, 0.25) is 5.95 Å². The minimum absolute atomic E-state index is 0.709. The SMILES string of the molecule is CNc1ncc(C2CCCC2)c(C)n1. The van der Waals surface area contributed by atoms with Gasteiger partial charge in [-0.1, -0.05) is 12.8 Å². The van der Waals surface area contributed by atoms with E-state index in [0.717, 1.165) is 11.6 Å². The van der Waals surface area contributed by atoms with E-state index in [1.165, 1.54) is 31.2 Å². The molecule has 0 aromatic carbocycles. The quantitative estimate of drug-likeness (QED) is 0.780. The second-order valence-electron chi connectivity index (χ2n) is 3.97. The molecular weight excluding hydrogens is 174 g/mol. The van der Waals surface area contributed by atoms with Gasteiger partial charge >= 0.3 is 0 Å². The Bertz CT molecular complexity index is 316. The van der Waals surface area contributed by atoms with Crippen LogP contribution in [0.15, 0.2) is 6.20 Å². The summed E-state index contributed by atoms with van der Waals surface area (Å²) in [6.07, 6.45) is 7.33. The van der Waals surface area contributed by atoms with Crippen molar-refractivity contribution in [3.05, 3.63) is 17.5 Å². The van der Waals surface area contributed by atoms with Gasteiger partial charge in [0.1, 0.15) is 0 Å². The van der Waals surface area contributed by atoms with Gasteiger partial charge in [-0.15, -0.1) is 0 Å². The number of anilines is 1.